The van der Waals surface area contributed by atoms with E-state index in [2.05, 4.69) is 20.9 Å². The summed E-state index contributed by atoms with van der Waals surface area (Å²) in [4.78, 5) is 3.52. The lowest BCUT2D eigenvalue weighted by Crippen LogP contribution is -2.29. The van der Waals surface area contributed by atoms with Gasteiger partial charge in [-0.3, -0.25) is 4.98 Å². The van der Waals surface area contributed by atoms with Gasteiger partial charge in [-0.25, -0.2) is 0 Å². The van der Waals surface area contributed by atoms with E-state index in [1.807, 2.05) is 0 Å². The molecule has 1 aromatic heterocycles. The van der Waals surface area contributed by atoms with Crippen molar-refractivity contribution in [2.45, 2.75) is 12.2 Å². The average molecular weight is 289 g/mol. The summed E-state index contributed by atoms with van der Waals surface area (Å²) in [5.41, 5.74) is 4.56. The van der Waals surface area contributed by atoms with Gasteiger partial charge in [0.1, 0.15) is 6.04 Å². The molecule has 0 bridgehead atoms. The Morgan fingerprint density at radius 2 is 2.07 bits per heavy atom. The number of aromatic nitrogens is 1. The van der Waals surface area contributed by atoms with Crippen LogP contribution in [0, 0.1) is 0 Å². The molecule has 0 aliphatic carbocycles. The van der Waals surface area contributed by atoms with Gasteiger partial charge in [0, 0.05) is 10.7 Å². The van der Waals surface area contributed by atoms with Gasteiger partial charge in [0.05, 0.1) is 10.7 Å². The van der Waals surface area contributed by atoms with Crippen LogP contribution in [0.1, 0.15) is 11.7 Å². The van der Waals surface area contributed by atoms with Crippen molar-refractivity contribution in [3.8, 4) is 0 Å². The van der Waals surface area contributed by atoms with Crippen molar-refractivity contribution in [3.05, 3.63) is 27.5 Å². The van der Waals surface area contributed by atoms with E-state index in [-0.39, 0.29) is 10.7 Å². The second-order valence-electron chi connectivity index (χ2n) is 2.54. The molecule has 1 atom stereocenters. The molecule has 78 valence electrons. The fourth-order valence-corrected chi connectivity index (χ4v) is 1.56. The van der Waals surface area contributed by atoms with E-state index in [9.17, 15) is 13.2 Å². The molecule has 2 N–H and O–H groups in total. The molecule has 0 amide bonds. The minimum absolute atomic E-state index is 0.107. The van der Waals surface area contributed by atoms with Crippen LogP contribution in [0.3, 0.4) is 0 Å². The number of nitrogens with two attached hydrogens (primary N) is 1. The zero-order valence-corrected chi connectivity index (χ0v) is 8.99. The molecule has 0 aromatic carbocycles. The van der Waals surface area contributed by atoms with Crippen LogP contribution in [0.25, 0.3) is 0 Å². The van der Waals surface area contributed by atoms with Gasteiger partial charge < -0.3 is 5.73 Å². The Bertz CT molecular complexity index is 342. The molecule has 0 aliphatic rings. The predicted octanol–water partition coefficient (Wildman–Crippen LogP) is 3.06. The first kappa shape index (κ1) is 11.7. The molecule has 7 heteroatoms. The highest BCUT2D eigenvalue weighted by molar-refractivity contribution is 9.10. The third kappa shape index (κ3) is 2.59. The highest BCUT2D eigenvalue weighted by Gasteiger charge is 2.39. The standard InChI is InChI=1S/C7H5BrClF3N2/c8-3-1-4(9)5(14-2-3)6(13)7(10,11)12/h1-2,6H,13H2/t6-/m1/s1. The minimum Gasteiger partial charge on any atom is -0.315 e. The van der Waals surface area contributed by atoms with E-state index < -0.39 is 12.2 Å². The molecule has 0 saturated carbocycles. The molecule has 2 nitrogen and oxygen atoms in total. The highest BCUT2D eigenvalue weighted by atomic mass is 79.9. The van der Waals surface area contributed by atoms with Crippen molar-refractivity contribution >= 4 is 27.5 Å². The molecular weight excluding hydrogens is 284 g/mol. The maximum absolute atomic E-state index is 12.2. The van der Waals surface area contributed by atoms with E-state index in [1.165, 1.54) is 12.3 Å². The number of halogens is 5. The maximum atomic E-state index is 12.2. The lowest BCUT2D eigenvalue weighted by atomic mass is 10.2. The molecule has 1 rings (SSSR count). The van der Waals surface area contributed by atoms with Gasteiger partial charge in [0.2, 0.25) is 0 Å². The fourth-order valence-electron chi connectivity index (χ4n) is 0.809. The SMILES string of the molecule is N[C@H](c1ncc(Br)cc1Cl)C(F)(F)F. The molecule has 0 aliphatic heterocycles. The smallest absolute Gasteiger partial charge is 0.315 e. The summed E-state index contributed by atoms with van der Waals surface area (Å²) >= 11 is 8.58. The molecule has 0 spiro atoms. The van der Waals surface area contributed by atoms with Crippen molar-refractivity contribution in [2.24, 2.45) is 5.73 Å². The van der Waals surface area contributed by atoms with E-state index in [0.717, 1.165) is 0 Å². The molecule has 0 fully saturated rings. The third-order valence-corrected chi connectivity index (χ3v) is 2.22. The lowest BCUT2D eigenvalue weighted by molar-refractivity contribution is -0.149. The van der Waals surface area contributed by atoms with E-state index in [0.29, 0.717) is 4.47 Å². The number of rotatable bonds is 1. The predicted molar refractivity (Wildman–Crippen MR) is 49.9 cm³/mol. The molecule has 1 heterocycles. The van der Waals surface area contributed by atoms with Gasteiger partial charge in [0.15, 0.2) is 0 Å². The number of pyridine rings is 1. The molecule has 0 saturated heterocycles. The summed E-state index contributed by atoms with van der Waals surface area (Å²) in [5, 5.41) is -0.107. The number of hydrogen-bond donors (Lipinski definition) is 1. The van der Waals surface area contributed by atoms with Crippen LogP contribution < -0.4 is 5.73 Å². The Hall–Kier alpha value is -0.330. The summed E-state index contributed by atoms with van der Waals surface area (Å²) in [6, 6.07) is -0.835. The van der Waals surface area contributed by atoms with Crippen molar-refractivity contribution in [1.82, 2.24) is 4.98 Å². The van der Waals surface area contributed by atoms with Crippen molar-refractivity contribution in [2.75, 3.05) is 0 Å². The van der Waals surface area contributed by atoms with Gasteiger partial charge in [-0.05, 0) is 22.0 Å². The van der Waals surface area contributed by atoms with Gasteiger partial charge in [0.25, 0.3) is 0 Å². The maximum Gasteiger partial charge on any atom is 0.409 e. The summed E-state index contributed by atoms with van der Waals surface area (Å²) in [6.45, 7) is 0. The summed E-state index contributed by atoms with van der Waals surface area (Å²) < 4.78 is 37.0. The van der Waals surface area contributed by atoms with Crippen molar-refractivity contribution in [1.29, 1.82) is 0 Å². The summed E-state index contributed by atoms with van der Waals surface area (Å²) in [6.07, 6.45) is -3.32. The van der Waals surface area contributed by atoms with Gasteiger partial charge in [-0.1, -0.05) is 11.6 Å². The summed E-state index contributed by atoms with van der Waals surface area (Å²) in [5.74, 6) is 0. The Morgan fingerprint density at radius 1 is 1.50 bits per heavy atom. The zero-order valence-electron chi connectivity index (χ0n) is 6.65. The number of nitrogens with zero attached hydrogens (tertiary/aromatic N) is 1. The normalized spacial score (nSPS) is 14.1. The first-order valence-corrected chi connectivity index (χ1v) is 4.62. The van der Waals surface area contributed by atoms with E-state index >= 15 is 0 Å². The van der Waals surface area contributed by atoms with Crippen LogP contribution in [-0.2, 0) is 0 Å². The Labute approximate surface area is 91.4 Å². The zero-order chi connectivity index (χ0) is 10.9. The van der Waals surface area contributed by atoms with Gasteiger partial charge in [-0.15, -0.1) is 0 Å². The topological polar surface area (TPSA) is 38.9 Å². The first-order valence-electron chi connectivity index (χ1n) is 3.45. The highest BCUT2D eigenvalue weighted by Crippen LogP contribution is 2.33. The largest absolute Gasteiger partial charge is 0.409 e. The van der Waals surface area contributed by atoms with Crippen molar-refractivity contribution < 1.29 is 13.2 Å². The van der Waals surface area contributed by atoms with Crippen LogP contribution >= 0.6 is 27.5 Å². The second kappa shape index (κ2) is 4.04. The van der Waals surface area contributed by atoms with Crippen LogP contribution in [0.5, 0.6) is 0 Å². The average Bonchev–Trinajstić information content (AvgIpc) is 2.01. The first-order chi connectivity index (χ1) is 6.32. The molecule has 14 heavy (non-hydrogen) atoms. The van der Waals surface area contributed by atoms with Crippen molar-refractivity contribution in [3.63, 3.8) is 0 Å². The van der Waals surface area contributed by atoms with Gasteiger partial charge >= 0.3 is 6.18 Å². The molecular formula is C7H5BrClF3N2. The second-order valence-corrected chi connectivity index (χ2v) is 3.86. The van der Waals surface area contributed by atoms with Crippen LogP contribution in [0.2, 0.25) is 5.02 Å². The Morgan fingerprint density at radius 3 is 2.50 bits per heavy atom. The minimum atomic E-state index is -4.54. The third-order valence-electron chi connectivity index (χ3n) is 1.48. The molecule has 1 aromatic rings. The monoisotopic (exact) mass is 288 g/mol. The van der Waals surface area contributed by atoms with Crippen LogP contribution in [0.4, 0.5) is 13.2 Å². The molecule has 0 radical (unpaired) electrons. The van der Waals surface area contributed by atoms with E-state index in [4.69, 9.17) is 17.3 Å². The number of alkyl halides is 3. The lowest BCUT2D eigenvalue weighted by Gasteiger charge is -2.15. The van der Waals surface area contributed by atoms with E-state index in [1.54, 1.807) is 0 Å². The Kier molecular flexibility index (Phi) is 3.39. The number of hydrogen-bond acceptors (Lipinski definition) is 2. The van der Waals surface area contributed by atoms with Crippen LogP contribution in [0.15, 0.2) is 16.7 Å². The quantitative estimate of drug-likeness (QED) is 0.863. The Balaban J connectivity index is 3.08. The molecule has 0 unspecified atom stereocenters. The van der Waals surface area contributed by atoms with Crippen LogP contribution in [-0.4, -0.2) is 11.2 Å². The fraction of sp³-hybridized carbons (Fsp3) is 0.286. The summed E-state index contributed by atoms with van der Waals surface area (Å²) in [7, 11) is 0. The van der Waals surface area contributed by atoms with Gasteiger partial charge in [-0.2, -0.15) is 13.2 Å².